The van der Waals surface area contributed by atoms with E-state index in [9.17, 15) is 9.59 Å². The second-order valence-electron chi connectivity index (χ2n) is 5.81. The van der Waals surface area contributed by atoms with Gasteiger partial charge in [-0.05, 0) is 37.0 Å². The monoisotopic (exact) mass is 237 g/mol. The average molecular weight is 237 g/mol. The lowest BCUT2D eigenvalue weighted by atomic mass is 9.66. The molecule has 1 heterocycles. The van der Waals surface area contributed by atoms with Crippen LogP contribution in [0.5, 0.6) is 0 Å². The van der Waals surface area contributed by atoms with Crippen LogP contribution >= 0.6 is 0 Å². The van der Waals surface area contributed by atoms with E-state index in [1.807, 2.05) is 0 Å². The van der Waals surface area contributed by atoms with Gasteiger partial charge >= 0.3 is 0 Å². The lowest BCUT2D eigenvalue weighted by Gasteiger charge is -2.40. The van der Waals surface area contributed by atoms with E-state index in [0.717, 1.165) is 25.7 Å². The lowest BCUT2D eigenvalue weighted by Crippen LogP contribution is -2.51. The summed E-state index contributed by atoms with van der Waals surface area (Å²) in [4.78, 5) is 23.7. The first-order chi connectivity index (χ1) is 8.11. The Hall–Kier alpha value is -0.860. The maximum atomic E-state index is 12.0. The molecule has 96 valence electrons. The Bertz CT molecular complexity index is 326. The smallest absolute Gasteiger partial charge is 0.230 e. The Morgan fingerprint density at radius 1 is 1.35 bits per heavy atom. The molecule has 3 heteroatoms. The van der Waals surface area contributed by atoms with Crippen LogP contribution in [0.4, 0.5) is 0 Å². The van der Waals surface area contributed by atoms with Crippen LogP contribution in [-0.2, 0) is 9.59 Å². The predicted octanol–water partition coefficient (Wildman–Crippen LogP) is 2.65. The molecule has 0 aromatic rings. The van der Waals surface area contributed by atoms with E-state index in [1.54, 1.807) is 0 Å². The Morgan fingerprint density at radius 3 is 2.71 bits per heavy atom. The molecule has 1 spiro atoms. The van der Waals surface area contributed by atoms with Crippen molar-refractivity contribution in [2.24, 2.45) is 17.3 Å². The molecule has 1 saturated carbocycles. The van der Waals surface area contributed by atoms with Gasteiger partial charge < -0.3 is 0 Å². The fourth-order valence-corrected chi connectivity index (χ4v) is 3.81. The Balaban J connectivity index is 2.21. The zero-order valence-corrected chi connectivity index (χ0v) is 10.9. The molecule has 3 unspecified atom stereocenters. The second-order valence-corrected chi connectivity index (χ2v) is 5.81. The average Bonchev–Trinajstić information content (AvgIpc) is 2.68. The first kappa shape index (κ1) is 12.6. The minimum Gasteiger partial charge on any atom is -0.296 e. The van der Waals surface area contributed by atoms with Gasteiger partial charge in [-0.2, -0.15) is 0 Å². The standard InChI is InChI=1S/C14H23NO2/c1-3-5-11-13(17)15-12(16)9-14(11)7-6-10(4-2)8-14/h10-11H,3-9H2,1-2H3,(H,15,16,17). The zero-order chi connectivity index (χ0) is 12.5. The van der Waals surface area contributed by atoms with Crippen molar-refractivity contribution in [3.05, 3.63) is 0 Å². The molecule has 17 heavy (non-hydrogen) atoms. The molecule has 1 aliphatic heterocycles. The summed E-state index contributed by atoms with van der Waals surface area (Å²) in [5, 5.41) is 2.52. The largest absolute Gasteiger partial charge is 0.296 e. The van der Waals surface area contributed by atoms with Gasteiger partial charge in [-0.15, -0.1) is 0 Å². The maximum absolute atomic E-state index is 12.0. The Morgan fingerprint density at radius 2 is 2.12 bits per heavy atom. The number of hydrogen-bond donors (Lipinski definition) is 1. The SMILES string of the molecule is CCCC1C(=O)NC(=O)CC12CCC(CC)C2. The van der Waals surface area contributed by atoms with Crippen molar-refractivity contribution in [1.82, 2.24) is 5.32 Å². The van der Waals surface area contributed by atoms with Gasteiger partial charge in [0, 0.05) is 12.3 Å². The van der Waals surface area contributed by atoms with Crippen LogP contribution in [0.25, 0.3) is 0 Å². The second kappa shape index (κ2) is 4.79. The van der Waals surface area contributed by atoms with Crippen molar-refractivity contribution in [1.29, 1.82) is 0 Å². The lowest BCUT2D eigenvalue weighted by molar-refractivity contribution is -0.144. The Kier molecular flexibility index (Phi) is 3.55. The number of piperidine rings is 1. The van der Waals surface area contributed by atoms with Crippen LogP contribution in [0.15, 0.2) is 0 Å². The number of carbonyl (C=O) groups excluding carboxylic acids is 2. The summed E-state index contributed by atoms with van der Waals surface area (Å²) in [6.45, 7) is 4.33. The summed E-state index contributed by atoms with van der Waals surface area (Å²) >= 11 is 0. The van der Waals surface area contributed by atoms with Gasteiger partial charge in [-0.25, -0.2) is 0 Å². The highest BCUT2D eigenvalue weighted by atomic mass is 16.2. The summed E-state index contributed by atoms with van der Waals surface area (Å²) in [5.74, 6) is 0.716. The summed E-state index contributed by atoms with van der Waals surface area (Å²) < 4.78 is 0. The van der Waals surface area contributed by atoms with Gasteiger partial charge in [0.2, 0.25) is 11.8 Å². The van der Waals surface area contributed by atoms with E-state index in [-0.39, 0.29) is 23.1 Å². The van der Waals surface area contributed by atoms with Gasteiger partial charge in [0.1, 0.15) is 0 Å². The highest BCUT2D eigenvalue weighted by Gasteiger charge is 2.51. The molecule has 1 aliphatic carbocycles. The third kappa shape index (κ3) is 2.24. The molecular weight excluding hydrogens is 214 g/mol. The molecule has 0 radical (unpaired) electrons. The number of hydrogen-bond acceptors (Lipinski definition) is 2. The van der Waals surface area contributed by atoms with Crippen LogP contribution < -0.4 is 5.32 Å². The van der Waals surface area contributed by atoms with Crippen molar-refractivity contribution in [3.8, 4) is 0 Å². The third-order valence-corrected chi connectivity index (χ3v) is 4.73. The fraction of sp³-hybridized carbons (Fsp3) is 0.857. The predicted molar refractivity (Wildman–Crippen MR) is 66.2 cm³/mol. The van der Waals surface area contributed by atoms with Gasteiger partial charge in [-0.1, -0.05) is 26.7 Å². The zero-order valence-electron chi connectivity index (χ0n) is 10.9. The number of rotatable bonds is 3. The van der Waals surface area contributed by atoms with Crippen LogP contribution in [0.1, 0.15) is 58.8 Å². The van der Waals surface area contributed by atoms with Crippen molar-refractivity contribution < 1.29 is 9.59 Å². The number of nitrogens with one attached hydrogen (secondary N) is 1. The summed E-state index contributed by atoms with van der Waals surface area (Å²) in [6, 6.07) is 0. The van der Waals surface area contributed by atoms with Gasteiger partial charge in [0.15, 0.2) is 0 Å². The van der Waals surface area contributed by atoms with Crippen LogP contribution in [0, 0.1) is 17.3 Å². The maximum Gasteiger partial charge on any atom is 0.230 e. The molecule has 2 amide bonds. The molecule has 3 atom stereocenters. The molecule has 2 rings (SSSR count). The number of imide groups is 1. The molecule has 1 saturated heterocycles. The van der Waals surface area contributed by atoms with Gasteiger partial charge in [0.25, 0.3) is 0 Å². The van der Waals surface area contributed by atoms with Crippen molar-refractivity contribution in [2.45, 2.75) is 58.8 Å². The molecule has 1 N–H and O–H groups in total. The molecule has 2 aliphatic rings. The van der Waals surface area contributed by atoms with E-state index in [0.29, 0.717) is 12.3 Å². The highest BCUT2D eigenvalue weighted by Crippen LogP contribution is 2.53. The van der Waals surface area contributed by atoms with Crippen LogP contribution in [0.3, 0.4) is 0 Å². The Labute approximate surface area is 103 Å². The molecule has 3 nitrogen and oxygen atoms in total. The first-order valence-electron chi connectivity index (χ1n) is 6.95. The molecule has 0 aromatic carbocycles. The minimum absolute atomic E-state index is 0.00387. The van der Waals surface area contributed by atoms with E-state index in [4.69, 9.17) is 0 Å². The van der Waals surface area contributed by atoms with E-state index < -0.39 is 0 Å². The molecule has 2 fully saturated rings. The molecule has 0 aromatic heterocycles. The topological polar surface area (TPSA) is 46.2 Å². The van der Waals surface area contributed by atoms with Gasteiger partial charge in [-0.3, -0.25) is 14.9 Å². The van der Waals surface area contributed by atoms with Crippen molar-refractivity contribution in [2.75, 3.05) is 0 Å². The molecule has 0 bridgehead atoms. The number of carbonyl (C=O) groups is 2. The summed E-state index contributed by atoms with van der Waals surface area (Å²) in [6.07, 6.45) is 7.02. The van der Waals surface area contributed by atoms with E-state index in [2.05, 4.69) is 19.2 Å². The highest BCUT2D eigenvalue weighted by molar-refractivity contribution is 5.99. The number of amides is 2. The third-order valence-electron chi connectivity index (χ3n) is 4.73. The van der Waals surface area contributed by atoms with Crippen LogP contribution in [0.2, 0.25) is 0 Å². The van der Waals surface area contributed by atoms with E-state index in [1.165, 1.54) is 12.8 Å². The molecular formula is C14H23NO2. The normalized spacial score (nSPS) is 37.5. The fourth-order valence-electron chi connectivity index (χ4n) is 3.81. The summed E-state index contributed by atoms with van der Waals surface area (Å²) in [7, 11) is 0. The van der Waals surface area contributed by atoms with Crippen LogP contribution in [-0.4, -0.2) is 11.8 Å². The van der Waals surface area contributed by atoms with Crippen molar-refractivity contribution >= 4 is 11.8 Å². The van der Waals surface area contributed by atoms with Crippen molar-refractivity contribution in [3.63, 3.8) is 0 Å². The first-order valence-corrected chi connectivity index (χ1v) is 6.95. The van der Waals surface area contributed by atoms with Gasteiger partial charge in [0.05, 0.1) is 0 Å². The quantitative estimate of drug-likeness (QED) is 0.767. The minimum atomic E-state index is -0.0564. The summed E-state index contributed by atoms with van der Waals surface area (Å²) in [5.41, 5.74) is -0.00387. The van der Waals surface area contributed by atoms with E-state index >= 15 is 0 Å².